The number of rotatable bonds is 5. The molecule has 0 fully saturated rings. The molecule has 1 atom stereocenters. The average Bonchev–Trinajstić information content (AvgIpc) is 3.03. The maximum atomic E-state index is 13.7. The highest BCUT2D eigenvalue weighted by atomic mass is 19.1. The van der Waals surface area contributed by atoms with Gasteiger partial charge in [0.2, 0.25) is 0 Å². The standard InChI is InChI=1S/C16H18FN3O3/c1-11(16(22)23-3)10-19(2)15(21)13-8-9-20(18-13)14-7-5-4-6-12(14)17/h4-9,11H,10H2,1-3H3. The summed E-state index contributed by atoms with van der Waals surface area (Å²) < 4.78 is 19.7. The average molecular weight is 319 g/mol. The molecule has 0 spiro atoms. The molecule has 0 aliphatic heterocycles. The Hall–Kier alpha value is -2.70. The molecule has 1 unspecified atom stereocenters. The summed E-state index contributed by atoms with van der Waals surface area (Å²) in [5.41, 5.74) is 0.435. The van der Waals surface area contributed by atoms with Crippen LogP contribution in [0.3, 0.4) is 0 Å². The van der Waals surface area contributed by atoms with Crippen LogP contribution in [0.25, 0.3) is 5.69 Å². The monoisotopic (exact) mass is 319 g/mol. The third-order valence-electron chi connectivity index (χ3n) is 3.41. The Bertz CT molecular complexity index is 714. The van der Waals surface area contributed by atoms with Gasteiger partial charge in [-0.25, -0.2) is 9.07 Å². The van der Waals surface area contributed by atoms with Gasteiger partial charge in [0.15, 0.2) is 5.69 Å². The topological polar surface area (TPSA) is 64.4 Å². The molecule has 0 bridgehead atoms. The number of para-hydroxylation sites is 1. The van der Waals surface area contributed by atoms with E-state index in [-0.39, 0.29) is 29.8 Å². The number of aromatic nitrogens is 2. The van der Waals surface area contributed by atoms with Gasteiger partial charge in [-0.3, -0.25) is 9.59 Å². The van der Waals surface area contributed by atoms with E-state index in [0.29, 0.717) is 0 Å². The number of hydrogen-bond acceptors (Lipinski definition) is 4. The first-order valence-electron chi connectivity index (χ1n) is 7.08. The molecule has 122 valence electrons. The molecule has 0 aliphatic rings. The number of carbonyl (C=O) groups excluding carboxylic acids is 2. The van der Waals surface area contributed by atoms with Gasteiger partial charge in [0.05, 0.1) is 13.0 Å². The molecule has 2 rings (SSSR count). The molecule has 6 nitrogen and oxygen atoms in total. The Morgan fingerprint density at radius 3 is 2.70 bits per heavy atom. The van der Waals surface area contributed by atoms with Crippen molar-refractivity contribution in [2.75, 3.05) is 20.7 Å². The van der Waals surface area contributed by atoms with Crippen molar-refractivity contribution in [2.24, 2.45) is 5.92 Å². The van der Waals surface area contributed by atoms with E-state index in [1.807, 2.05) is 0 Å². The Labute approximate surface area is 133 Å². The van der Waals surface area contributed by atoms with Crippen LogP contribution in [-0.2, 0) is 9.53 Å². The van der Waals surface area contributed by atoms with Gasteiger partial charge < -0.3 is 9.64 Å². The van der Waals surface area contributed by atoms with Crippen LogP contribution in [0.15, 0.2) is 36.5 Å². The normalized spacial score (nSPS) is 11.8. The smallest absolute Gasteiger partial charge is 0.310 e. The predicted molar refractivity (Wildman–Crippen MR) is 81.7 cm³/mol. The number of nitrogens with zero attached hydrogens (tertiary/aromatic N) is 3. The quantitative estimate of drug-likeness (QED) is 0.790. The van der Waals surface area contributed by atoms with Crippen LogP contribution >= 0.6 is 0 Å². The molecular formula is C16H18FN3O3. The van der Waals surface area contributed by atoms with E-state index in [1.54, 1.807) is 32.2 Å². The summed E-state index contributed by atoms with van der Waals surface area (Å²) in [6, 6.07) is 7.67. The minimum atomic E-state index is -0.442. The Kier molecular flexibility index (Phi) is 5.10. The lowest BCUT2D eigenvalue weighted by molar-refractivity contribution is -0.145. The fraction of sp³-hybridized carbons (Fsp3) is 0.312. The lowest BCUT2D eigenvalue weighted by Gasteiger charge is -2.19. The first kappa shape index (κ1) is 16.7. The largest absolute Gasteiger partial charge is 0.469 e. The maximum Gasteiger partial charge on any atom is 0.310 e. The number of carbonyl (C=O) groups is 2. The first-order valence-corrected chi connectivity index (χ1v) is 7.08. The summed E-state index contributed by atoms with van der Waals surface area (Å²) in [6.07, 6.45) is 1.52. The van der Waals surface area contributed by atoms with Crippen molar-refractivity contribution >= 4 is 11.9 Å². The van der Waals surface area contributed by atoms with E-state index in [1.165, 1.54) is 35.0 Å². The van der Waals surface area contributed by atoms with Crippen LogP contribution in [0.5, 0.6) is 0 Å². The maximum absolute atomic E-state index is 13.7. The second-order valence-electron chi connectivity index (χ2n) is 5.21. The number of halogens is 1. The van der Waals surface area contributed by atoms with Crippen LogP contribution in [0, 0.1) is 11.7 Å². The van der Waals surface area contributed by atoms with Crippen LogP contribution in [0.4, 0.5) is 4.39 Å². The summed E-state index contributed by atoms with van der Waals surface area (Å²) in [6.45, 7) is 1.88. The van der Waals surface area contributed by atoms with Gasteiger partial charge in [-0.2, -0.15) is 5.10 Å². The molecule has 23 heavy (non-hydrogen) atoms. The molecule has 7 heteroatoms. The van der Waals surface area contributed by atoms with E-state index in [2.05, 4.69) is 9.84 Å². The van der Waals surface area contributed by atoms with Crippen molar-refractivity contribution < 1.29 is 18.7 Å². The molecule has 0 radical (unpaired) electrons. The van der Waals surface area contributed by atoms with Gasteiger partial charge in [0.25, 0.3) is 5.91 Å². The van der Waals surface area contributed by atoms with Crippen molar-refractivity contribution in [3.63, 3.8) is 0 Å². The molecule has 2 aromatic rings. The van der Waals surface area contributed by atoms with E-state index in [0.717, 1.165) is 0 Å². The molecule has 1 aromatic carbocycles. The third kappa shape index (κ3) is 3.74. The molecule has 0 aliphatic carbocycles. The van der Waals surface area contributed by atoms with Crippen molar-refractivity contribution in [3.8, 4) is 5.69 Å². The molecule has 0 N–H and O–H groups in total. The minimum absolute atomic E-state index is 0.174. The van der Waals surface area contributed by atoms with Gasteiger partial charge in [-0.1, -0.05) is 19.1 Å². The Morgan fingerprint density at radius 1 is 1.35 bits per heavy atom. The number of esters is 1. The zero-order chi connectivity index (χ0) is 17.0. The fourth-order valence-electron chi connectivity index (χ4n) is 2.17. The second-order valence-corrected chi connectivity index (χ2v) is 5.21. The van der Waals surface area contributed by atoms with E-state index in [4.69, 9.17) is 0 Å². The van der Waals surface area contributed by atoms with E-state index in [9.17, 15) is 14.0 Å². The minimum Gasteiger partial charge on any atom is -0.469 e. The number of amides is 1. The summed E-state index contributed by atoms with van der Waals surface area (Å²) in [4.78, 5) is 25.1. The highest BCUT2D eigenvalue weighted by Crippen LogP contribution is 2.13. The second kappa shape index (κ2) is 7.04. The SMILES string of the molecule is COC(=O)C(C)CN(C)C(=O)c1ccn(-c2ccccc2F)n1. The van der Waals surface area contributed by atoms with Gasteiger partial charge >= 0.3 is 5.97 Å². The molecule has 1 amide bonds. The Balaban J connectivity index is 2.12. The van der Waals surface area contributed by atoms with E-state index < -0.39 is 11.7 Å². The number of benzene rings is 1. The van der Waals surface area contributed by atoms with Crippen LogP contribution < -0.4 is 0 Å². The van der Waals surface area contributed by atoms with Crippen molar-refractivity contribution in [2.45, 2.75) is 6.92 Å². The highest BCUT2D eigenvalue weighted by Gasteiger charge is 2.21. The number of hydrogen-bond donors (Lipinski definition) is 0. The molecule has 1 aromatic heterocycles. The molecule has 0 saturated carbocycles. The van der Waals surface area contributed by atoms with Crippen LogP contribution in [-0.4, -0.2) is 47.3 Å². The summed E-state index contributed by atoms with van der Waals surface area (Å²) in [5, 5.41) is 4.10. The van der Waals surface area contributed by atoms with Gasteiger partial charge in [-0.05, 0) is 18.2 Å². The highest BCUT2D eigenvalue weighted by molar-refractivity contribution is 5.92. The van der Waals surface area contributed by atoms with Gasteiger partial charge in [0.1, 0.15) is 11.5 Å². The van der Waals surface area contributed by atoms with Crippen LogP contribution in [0.1, 0.15) is 17.4 Å². The summed E-state index contributed by atoms with van der Waals surface area (Å²) in [5.74, 6) is -1.61. The summed E-state index contributed by atoms with van der Waals surface area (Å²) in [7, 11) is 2.88. The Morgan fingerprint density at radius 2 is 2.04 bits per heavy atom. The lowest BCUT2D eigenvalue weighted by Crippen LogP contribution is -2.34. The van der Waals surface area contributed by atoms with Crippen LogP contribution in [0.2, 0.25) is 0 Å². The summed E-state index contributed by atoms with van der Waals surface area (Å²) >= 11 is 0. The van der Waals surface area contributed by atoms with E-state index >= 15 is 0 Å². The van der Waals surface area contributed by atoms with Crippen molar-refractivity contribution in [1.29, 1.82) is 0 Å². The van der Waals surface area contributed by atoms with Gasteiger partial charge in [-0.15, -0.1) is 0 Å². The van der Waals surface area contributed by atoms with Crippen molar-refractivity contribution in [3.05, 3.63) is 48.0 Å². The molecular weight excluding hydrogens is 301 g/mol. The fourth-order valence-corrected chi connectivity index (χ4v) is 2.17. The molecule has 0 saturated heterocycles. The van der Waals surface area contributed by atoms with Gasteiger partial charge in [0, 0.05) is 19.8 Å². The zero-order valence-corrected chi connectivity index (χ0v) is 13.2. The number of methoxy groups -OCH3 is 1. The number of ether oxygens (including phenoxy) is 1. The van der Waals surface area contributed by atoms with Crippen molar-refractivity contribution in [1.82, 2.24) is 14.7 Å². The lowest BCUT2D eigenvalue weighted by atomic mass is 10.1. The predicted octanol–water partition coefficient (Wildman–Crippen LogP) is 1.89. The third-order valence-corrected chi connectivity index (χ3v) is 3.41. The first-order chi connectivity index (χ1) is 10.9. The molecule has 1 heterocycles. The zero-order valence-electron chi connectivity index (χ0n) is 13.2.